The summed E-state index contributed by atoms with van der Waals surface area (Å²) in [6, 6.07) is 9.31. The minimum atomic E-state index is -0.339. The topological polar surface area (TPSA) is 69.9 Å². The van der Waals surface area contributed by atoms with E-state index in [9.17, 15) is 9.18 Å². The lowest BCUT2D eigenvalue weighted by atomic mass is 10.3. The molecular weight excluding hydrogens is 343 g/mol. The van der Waals surface area contributed by atoms with Crippen LogP contribution in [0.15, 0.2) is 51.5 Å². The van der Waals surface area contributed by atoms with Crippen LogP contribution in [0.4, 0.5) is 10.1 Å². The van der Waals surface area contributed by atoms with E-state index < -0.39 is 0 Å². The summed E-state index contributed by atoms with van der Waals surface area (Å²) in [5.74, 6) is 0.974. The number of thiocarbonyl (C=S) groups is 1. The second-order valence-corrected chi connectivity index (χ2v) is 5.75. The van der Waals surface area contributed by atoms with Gasteiger partial charge in [-0.15, -0.1) is 0 Å². The van der Waals surface area contributed by atoms with Crippen molar-refractivity contribution in [3.63, 3.8) is 0 Å². The van der Waals surface area contributed by atoms with Crippen molar-refractivity contribution in [1.82, 2.24) is 10.2 Å². The molecule has 8 heteroatoms. The molecule has 1 aliphatic heterocycles. The summed E-state index contributed by atoms with van der Waals surface area (Å²) >= 11 is 5.16. The van der Waals surface area contributed by atoms with Gasteiger partial charge in [-0.25, -0.2) is 4.39 Å². The molecular formula is C17H15FN4O2S. The van der Waals surface area contributed by atoms with Crippen LogP contribution in [0.2, 0.25) is 0 Å². The third kappa shape index (κ3) is 3.92. The van der Waals surface area contributed by atoms with E-state index >= 15 is 0 Å². The lowest BCUT2D eigenvalue weighted by Crippen LogP contribution is -2.29. The van der Waals surface area contributed by atoms with Crippen molar-refractivity contribution in [2.45, 2.75) is 6.92 Å². The fourth-order valence-corrected chi connectivity index (χ4v) is 2.43. The molecule has 2 heterocycles. The van der Waals surface area contributed by atoms with Crippen LogP contribution in [0.25, 0.3) is 6.08 Å². The Labute approximate surface area is 149 Å². The molecule has 1 aliphatic rings. The van der Waals surface area contributed by atoms with Gasteiger partial charge < -0.3 is 14.6 Å². The first-order valence-electron chi connectivity index (χ1n) is 7.41. The van der Waals surface area contributed by atoms with Gasteiger partial charge in [0, 0.05) is 18.8 Å². The number of aryl methyl sites for hydroxylation is 1. The van der Waals surface area contributed by atoms with Gasteiger partial charge in [-0.2, -0.15) is 4.99 Å². The summed E-state index contributed by atoms with van der Waals surface area (Å²) in [7, 11) is 1.69. The first-order valence-corrected chi connectivity index (χ1v) is 7.81. The van der Waals surface area contributed by atoms with Gasteiger partial charge in [-0.05, 0) is 55.5 Å². The number of halogens is 1. The average Bonchev–Trinajstić information content (AvgIpc) is 3.08. The Morgan fingerprint density at radius 3 is 2.68 bits per heavy atom. The Balaban J connectivity index is 1.75. The van der Waals surface area contributed by atoms with Crippen molar-refractivity contribution in [1.29, 1.82) is 0 Å². The van der Waals surface area contributed by atoms with Crippen molar-refractivity contribution >= 4 is 41.0 Å². The third-order valence-corrected chi connectivity index (χ3v) is 3.67. The largest absolute Gasteiger partial charge is 0.462 e. The highest BCUT2D eigenvalue weighted by Crippen LogP contribution is 2.17. The van der Waals surface area contributed by atoms with Gasteiger partial charge in [0.25, 0.3) is 5.91 Å². The zero-order chi connectivity index (χ0) is 18.0. The van der Waals surface area contributed by atoms with Gasteiger partial charge in [-0.3, -0.25) is 10.1 Å². The molecule has 1 amide bonds. The van der Waals surface area contributed by atoms with E-state index in [0.717, 1.165) is 5.76 Å². The van der Waals surface area contributed by atoms with Crippen molar-refractivity contribution < 1.29 is 13.6 Å². The Morgan fingerprint density at radius 2 is 2.04 bits per heavy atom. The first kappa shape index (κ1) is 16.8. The van der Waals surface area contributed by atoms with E-state index in [-0.39, 0.29) is 16.8 Å². The van der Waals surface area contributed by atoms with Gasteiger partial charge in [0.2, 0.25) is 11.1 Å². The standard InChI is InChI=1S/C17H15FN4O2S/c1-10-3-8-13(24-10)9-14-15(23)20-16(22(14)2)21-17(25)19-12-6-4-11(18)5-7-12/h3-9H,1-2H3,(H2,19,20,21,23,25)/b14-9-. The van der Waals surface area contributed by atoms with Crippen molar-refractivity contribution in [3.05, 3.63) is 59.4 Å². The number of likely N-dealkylation sites (N-methyl/N-ethyl adjacent to an activating group) is 1. The molecule has 1 aromatic carbocycles. The van der Waals surface area contributed by atoms with Gasteiger partial charge in [0.1, 0.15) is 23.0 Å². The molecule has 25 heavy (non-hydrogen) atoms. The van der Waals surface area contributed by atoms with Crippen LogP contribution in [0.3, 0.4) is 0 Å². The molecule has 6 nitrogen and oxygen atoms in total. The maximum Gasteiger partial charge on any atom is 0.274 e. The highest BCUT2D eigenvalue weighted by atomic mass is 32.1. The Kier molecular flexibility index (Phi) is 4.62. The molecule has 0 radical (unpaired) electrons. The molecule has 0 atom stereocenters. The predicted octanol–water partition coefficient (Wildman–Crippen LogP) is 2.88. The quantitative estimate of drug-likeness (QED) is 0.638. The minimum Gasteiger partial charge on any atom is -0.462 e. The summed E-state index contributed by atoms with van der Waals surface area (Å²) < 4.78 is 18.4. The number of hydrogen-bond donors (Lipinski definition) is 2. The Hall–Kier alpha value is -3.00. The Morgan fingerprint density at radius 1 is 1.32 bits per heavy atom. The zero-order valence-corrected chi connectivity index (χ0v) is 14.4. The van der Waals surface area contributed by atoms with Crippen molar-refractivity contribution in [3.8, 4) is 0 Å². The molecule has 0 unspecified atom stereocenters. The fraction of sp³-hybridized carbons (Fsp3) is 0.118. The van der Waals surface area contributed by atoms with Crippen LogP contribution in [0.5, 0.6) is 0 Å². The maximum atomic E-state index is 12.9. The number of guanidine groups is 1. The number of benzene rings is 1. The second-order valence-electron chi connectivity index (χ2n) is 5.36. The van der Waals surface area contributed by atoms with E-state index in [2.05, 4.69) is 15.6 Å². The predicted molar refractivity (Wildman–Crippen MR) is 97.4 cm³/mol. The normalized spacial score (nSPS) is 17.2. The summed E-state index contributed by atoms with van der Waals surface area (Å²) in [5, 5.41) is 5.65. The molecule has 1 fully saturated rings. The van der Waals surface area contributed by atoms with Crippen LogP contribution in [-0.4, -0.2) is 28.9 Å². The van der Waals surface area contributed by atoms with E-state index in [1.807, 2.05) is 13.0 Å². The van der Waals surface area contributed by atoms with Crippen LogP contribution < -0.4 is 10.6 Å². The molecule has 0 saturated carbocycles. The van der Waals surface area contributed by atoms with Crippen LogP contribution in [0.1, 0.15) is 11.5 Å². The second kappa shape index (κ2) is 6.86. The molecule has 2 N–H and O–H groups in total. The highest BCUT2D eigenvalue weighted by Gasteiger charge is 2.29. The van der Waals surface area contributed by atoms with Crippen molar-refractivity contribution in [2.75, 3.05) is 12.4 Å². The number of furan rings is 1. The third-order valence-electron chi connectivity index (χ3n) is 3.48. The number of carbonyl (C=O) groups excluding carboxylic acids is 1. The number of anilines is 1. The number of amides is 1. The minimum absolute atomic E-state index is 0.142. The molecule has 3 rings (SSSR count). The van der Waals surface area contributed by atoms with E-state index in [1.54, 1.807) is 36.2 Å². The molecule has 1 aromatic heterocycles. The SMILES string of the molecule is Cc1ccc(/C=C2/C(=O)NC(=NC(=S)Nc3ccc(F)cc3)N2C)o1. The lowest BCUT2D eigenvalue weighted by molar-refractivity contribution is -0.115. The molecule has 0 bridgehead atoms. The van der Waals surface area contributed by atoms with Crippen LogP contribution in [0, 0.1) is 12.7 Å². The molecule has 1 saturated heterocycles. The zero-order valence-electron chi connectivity index (χ0n) is 13.5. The van der Waals surface area contributed by atoms with E-state index in [0.29, 0.717) is 23.1 Å². The van der Waals surface area contributed by atoms with Crippen LogP contribution >= 0.6 is 12.2 Å². The number of aliphatic imine (C=N–C) groups is 1. The first-order chi connectivity index (χ1) is 11.9. The smallest absolute Gasteiger partial charge is 0.274 e. The summed E-state index contributed by atoms with van der Waals surface area (Å²) in [6.07, 6.45) is 1.63. The number of hydrogen-bond acceptors (Lipinski definition) is 3. The average molecular weight is 358 g/mol. The fourth-order valence-electron chi connectivity index (χ4n) is 2.23. The number of rotatable bonds is 2. The molecule has 128 valence electrons. The summed E-state index contributed by atoms with van der Waals surface area (Å²) in [5.41, 5.74) is 0.988. The van der Waals surface area contributed by atoms with Gasteiger partial charge in [0.15, 0.2) is 0 Å². The summed E-state index contributed by atoms with van der Waals surface area (Å²) in [4.78, 5) is 17.9. The number of carbonyl (C=O) groups is 1. The molecule has 0 aliphatic carbocycles. The Bertz CT molecular complexity index is 886. The number of nitrogens with one attached hydrogen (secondary N) is 2. The highest BCUT2D eigenvalue weighted by molar-refractivity contribution is 7.80. The van der Waals surface area contributed by atoms with Gasteiger partial charge >= 0.3 is 0 Å². The molecule has 2 aromatic rings. The molecule has 0 spiro atoms. The van der Waals surface area contributed by atoms with Crippen LogP contribution in [-0.2, 0) is 4.79 Å². The summed E-state index contributed by atoms with van der Waals surface area (Å²) in [6.45, 7) is 1.83. The van der Waals surface area contributed by atoms with E-state index in [1.165, 1.54) is 12.1 Å². The maximum absolute atomic E-state index is 12.9. The van der Waals surface area contributed by atoms with Gasteiger partial charge in [-0.1, -0.05) is 0 Å². The lowest BCUT2D eigenvalue weighted by Gasteiger charge is -2.11. The van der Waals surface area contributed by atoms with E-state index in [4.69, 9.17) is 16.6 Å². The van der Waals surface area contributed by atoms with Gasteiger partial charge in [0.05, 0.1) is 0 Å². The number of nitrogens with zero attached hydrogens (tertiary/aromatic N) is 2. The monoisotopic (exact) mass is 358 g/mol. The van der Waals surface area contributed by atoms with Crippen molar-refractivity contribution in [2.24, 2.45) is 4.99 Å².